The van der Waals surface area contributed by atoms with E-state index in [2.05, 4.69) is 10.2 Å². The quantitative estimate of drug-likeness (QED) is 0.397. The molecule has 8 heteroatoms. The van der Waals surface area contributed by atoms with Crippen LogP contribution < -0.4 is 5.56 Å². The summed E-state index contributed by atoms with van der Waals surface area (Å²) in [7, 11) is 0. The molecule has 2 heterocycles. The number of aryl methyl sites for hydroxylation is 2. The van der Waals surface area contributed by atoms with Gasteiger partial charge in [0.05, 0.1) is 22.3 Å². The number of hydrogen-bond donors (Lipinski definition) is 0. The number of thioether (sulfide) groups is 1. The molecule has 0 radical (unpaired) electrons. The minimum Gasteiger partial charge on any atom is -0.337 e. The summed E-state index contributed by atoms with van der Waals surface area (Å²) in [6.45, 7) is 12.1. The maximum atomic E-state index is 13.5. The molecule has 4 aromatic rings. The van der Waals surface area contributed by atoms with E-state index in [9.17, 15) is 9.59 Å². The van der Waals surface area contributed by atoms with Crippen LogP contribution in [0.5, 0.6) is 0 Å². The SMILES string of the molecule is Cc1ccc(-n2c(=O)c3ccccc3n3c(SCC(=O)N(C(C)C)C(C)C)nnc23)c(C)c1. The highest BCUT2D eigenvalue weighted by Gasteiger charge is 2.23. The molecule has 0 fully saturated rings. The van der Waals surface area contributed by atoms with Crippen molar-refractivity contribution in [3.05, 3.63) is 63.9 Å². The molecule has 1 amide bonds. The van der Waals surface area contributed by atoms with Gasteiger partial charge < -0.3 is 4.90 Å². The van der Waals surface area contributed by atoms with Crippen LogP contribution in [-0.4, -0.2) is 47.8 Å². The minimum absolute atomic E-state index is 0.0498. The van der Waals surface area contributed by atoms with Crippen molar-refractivity contribution in [2.24, 2.45) is 0 Å². The Morgan fingerprint density at radius 1 is 1.03 bits per heavy atom. The van der Waals surface area contributed by atoms with E-state index in [1.807, 2.05) is 93.3 Å². The number of carbonyl (C=O) groups excluding carboxylic acids is 1. The van der Waals surface area contributed by atoms with Crippen LogP contribution in [0.4, 0.5) is 0 Å². The standard InChI is InChI=1S/C25H29N5O2S/c1-15(2)28(16(3)4)22(31)14-33-25-27-26-24-29(20-12-11-17(5)13-18(20)6)23(32)19-9-7-8-10-21(19)30(24)25/h7-13,15-16H,14H2,1-6H3. The topological polar surface area (TPSA) is 72.5 Å². The first-order valence-electron chi connectivity index (χ1n) is 11.1. The van der Waals surface area contributed by atoms with Gasteiger partial charge in [-0.3, -0.25) is 14.0 Å². The van der Waals surface area contributed by atoms with Gasteiger partial charge in [-0.1, -0.05) is 41.6 Å². The molecule has 2 aromatic carbocycles. The monoisotopic (exact) mass is 463 g/mol. The van der Waals surface area contributed by atoms with Gasteiger partial charge in [0, 0.05) is 12.1 Å². The smallest absolute Gasteiger partial charge is 0.267 e. The van der Waals surface area contributed by atoms with Crippen LogP contribution in [0.3, 0.4) is 0 Å². The largest absolute Gasteiger partial charge is 0.337 e. The predicted molar refractivity (Wildman–Crippen MR) is 133 cm³/mol. The van der Waals surface area contributed by atoms with E-state index in [1.165, 1.54) is 11.8 Å². The van der Waals surface area contributed by atoms with E-state index in [1.54, 1.807) is 4.57 Å². The molecule has 2 aromatic heterocycles. The normalized spacial score (nSPS) is 11.8. The fourth-order valence-corrected chi connectivity index (χ4v) is 5.23. The van der Waals surface area contributed by atoms with Crippen LogP contribution in [0.1, 0.15) is 38.8 Å². The average molecular weight is 464 g/mol. The molecule has 172 valence electrons. The van der Waals surface area contributed by atoms with Gasteiger partial charge in [0.2, 0.25) is 11.7 Å². The van der Waals surface area contributed by atoms with Crippen LogP contribution in [0.2, 0.25) is 0 Å². The van der Waals surface area contributed by atoms with E-state index in [-0.39, 0.29) is 29.3 Å². The lowest BCUT2D eigenvalue weighted by molar-refractivity contribution is -0.131. The molecule has 4 rings (SSSR count). The first kappa shape index (κ1) is 23.0. The van der Waals surface area contributed by atoms with Gasteiger partial charge in [0.1, 0.15) is 0 Å². The lowest BCUT2D eigenvalue weighted by atomic mass is 10.1. The maximum absolute atomic E-state index is 13.5. The second-order valence-corrected chi connectivity index (χ2v) is 9.79. The van der Waals surface area contributed by atoms with Crippen molar-refractivity contribution in [2.75, 3.05) is 5.75 Å². The van der Waals surface area contributed by atoms with Crippen LogP contribution in [-0.2, 0) is 4.79 Å². The summed E-state index contributed by atoms with van der Waals surface area (Å²) in [6.07, 6.45) is 0. The van der Waals surface area contributed by atoms with Gasteiger partial charge in [-0.2, -0.15) is 0 Å². The Morgan fingerprint density at radius 3 is 2.39 bits per heavy atom. The Morgan fingerprint density at radius 2 is 1.73 bits per heavy atom. The summed E-state index contributed by atoms with van der Waals surface area (Å²) in [6, 6.07) is 13.6. The van der Waals surface area contributed by atoms with Gasteiger partial charge in [0.25, 0.3) is 5.56 Å². The molecule has 0 aliphatic heterocycles. The average Bonchev–Trinajstić information content (AvgIpc) is 3.17. The molecule has 0 aliphatic rings. The number of carbonyl (C=O) groups is 1. The summed E-state index contributed by atoms with van der Waals surface area (Å²) >= 11 is 1.34. The molecule has 0 saturated carbocycles. The highest BCUT2D eigenvalue weighted by molar-refractivity contribution is 7.99. The second kappa shape index (κ2) is 9.02. The van der Waals surface area contributed by atoms with Crippen molar-refractivity contribution in [3.8, 4) is 5.69 Å². The molecular formula is C25H29N5O2S. The van der Waals surface area contributed by atoms with Crippen molar-refractivity contribution in [1.82, 2.24) is 24.1 Å². The molecule has 0 bridgehead atoms. The van der Waals surface area contributed by atoms with E-state index in [0.717, 1.165) is 22.3 Å². The molecule has 7 nitrogen and oxygen atoms in total. The van der Waals surface area contributed by atoms with Crippen molar-refractivity contribution in [3.63, 3.8) is 0 Å². The number of hydrogen-bond acceptors (Lipinski definition) is 5. The maximum Gasteiger partial charge on any atom is 0.267 e. The fourth-order valence-electron chi connectivity index (χ4n) is 4.42. The van der Waals surface area contributed by atoms with Gasteiger partial charge in [-0.25, -0.2) is 4.57 Å². The Bertz CT molecular complexity index is 1400. The number of para-hydroxylation sites is 1. The minimum atomic E-state index is -0.143. The third kappa shape index (κ3) is 4.15. The summed E-state index contributed by atoms with van der Waals surface area (Å²) < 4.78 is 3.49. The zero-order valence-electron chi connectivity index (χ0n) is 19.9. The lowest BCUT2D eigenvalue weighted by Gasteiger charge is -2.30. The van der Waals surface area contributed by atoms with Gasteiger partial charge in [0.15, 0.2) is 5.16 Å². The van der Waals surface area contributed by atoms with Crippen molar-refractivity contribution < 1.29 is 4.79 Å². The Labute approximate surface area is 197 Å². The third-order valence-corrected chi connectivity index (χ3v) is 6.63. The molecule has 0 N–H and O–H groups in total. The molecule has 0 saturated heterocycles. The molecule has 33 heavy (non-hydrogen) atoms. The third-order valence-electron chi connectivity index (χ3n) is 5.71. The molecular weight excluding hydrogens is 434 g/mol. The summed E-state index contributed by atoms with van der Waals surface area (Å²) in [5.74, 6) is 0.729. The van der Waals surface area contributed by atoms with Gasteiger partial charge in [-0.05, 0) is 65.3 Å². The van der Waals surface area contributed by atoms with Crippen LogP contribution in [0.15, 0.2) is 52.4 Å². The molecule has 0 aliphatic carbocycles. The van der Waals surface area contributed by atoms with Gasteiger partial charge >= 0.3 is 0 Å². The number of nitrogens with zero attached hydrogens (tertiary/aromatic N) is 5. The molecule has 0 atom stereocenters. The van der Waals surface area contributed by atoms with Crippen LogP contribution in [0, 0.1) is 13.8 Å². The molecule has 0 unspecified atom stereocenters. The summed E-state index contributed by atoms with van der Waals surface area (Å²) in [5.41, 5.74) is 3.45. The number of aromatic nitrogens is 4. The van der Waals surface area contributed by atoms with E-state index < -0.39 is 0 Å². The van der Waals surface area contributed by atoms with E-state index in [4.69, 9.17) is 0 Å². The Hall–Kier alpha value is -3.13. The van der Waals surface area contributed by atoms with Gasteiger partial charge in [-0.15, -0.1) is 10.2 Å². The van der Waals surface area contributed by atoms with Crippen molar-refractivity contribution >= 4 is 34.3 Å². The number of benzene rings is 2. The Kier molecular flexibility index (Phi) is 6.30. The fraction of sp³-hybridized carbons (Fsp3) is 0.360. The number of amides is 1. The summed E-state index contributed by atoms with van der Waals surface area (Å²) in [4.78, 5) is 28.3. The van der Waals surface area contributed by atoms with E-state index in [0.29, 0.717) is 16.3 Å². The van der Waals surface area contributed by atoms with Crippen LogP contribution >= 0.6 is 11.8 Å². The number of fused-ring (bicyclic) bond motifs is 3. The summed E-state index contributed by atoms with van der Waals surface area (Å²) in [5, 5.41) is 9.94. The second-order valence-electron chi connectivity index (χ2n) is 8.84. The van der Waals surface area contributed by atoms with Crippen molar-refractivity contribution in [1.29, 1.82) is 0 Å². The van der Waals surface area contributed by atoms with Crippen LogP contribution in [0.25, 0.3) is 22.4 Å². The zero-order chi connectivity index (χ0) is 23.9. The first-order chi connectivity index (χ1) is 15.7. The number of rotatable bonds is 6. The highest BCUT2D eigenvalue weighted by atomic mass is 32.2. The Balaban J connectivity index is 1.87. The first-order valence-corrected chi connectivity index (χ1v) is 12.1. The van der Waals surface area contributed by atoms with E-state index >= 15 is 0 Å². The zero-order valence-corrected chi connectivity index (χ0v) is 20.7. The van der Waals surface area contributed by atoms with Crippen molar-refractivity contribution in [2.45, 2.75) is 58.8 Å². The highest BCUT2D eigenvalue weighted by Crippen LogP contribution is 2.25. The lowest BCUT2D eigenvalue weighted by Crippen LogP contribution is -2.43. The predicted octanol–water partition coefficient (Wildman–Crippen LogP) is 4.39. The molecule has 0 spiro atoms.